The van der Waals surface area contributed by atoms with Crippen LogP contribution < -0.4 is 11.1 Å². The Labute approximate surface area is 77.6 Å². The Balaban J connectivity index is 2.25. The average Bonchev–Trinajstić information content (AvgIpc) is 2.37. The van der Waals surface area contributed by atoms with Crippen LogP contribution in [0.1, 0.15) is 25.7 Å². The van der Waals surface area contributed by atoms with Gasteiger partial charge >= 0.3 is 0 Å². The molecule has 1 saturated carbocycles. The molecule has 0 heterocycles. The van der Waals surface area contributed by atoms with Crippen molar-refractivity contribution in [1.29, 1.82) is 0 Å². The molecule has 1 aliphatic carbocycles. The summed E-state index contributed by atoms with van der Waals surface area (Å²) in [6, 6.07) is 0.324. The number of nitrogens with one attached hydrogen (secondary N) is 1. The van der Waals surface area contributed by atoms with Crippen LogP contribution in [0.25, 0.3) is 0 Å². The number of rotatable bonds is 3. The Hall–Kier alpha value is -0.280. The second-order valence-corrected chi connectivity index (χ2v) is 3.59. The third-order valence-corrected chi connectivity index (χ3v) is 2.43. The number of hydrogen-bond donors (Lipinski definition) is 2. The van der Waals surface area contributed by atoms with E-state index >= 15 is 0 Å². The molecule has 4 heteroatoms. The second-order valence-electron chi connectivity index (χ2n) is 3.21. The van der Waals surface area contributed by atoms with Gasteiger partial charge in [0.15, 0.2) is 0 Å². The number of carbonyl (C=O) groups is 1. The maximum atomic E-state index is 11.1. The molecule has 1 rings (SSSR count). The molecule has 0 aromatic carbocycles. The van der Waals surface area contributed by atoms with Crippen molar-refractivity contribution in [3.8, 4) is 0 Å². The number of hydrogen-bond acceptors (Lipinski definition) is 2. The van der Waals surface area contributed by atoms with E-state index in [1.807, 2.05) is 0 Å². The quantitative estimate of drug-likeness (QED) is 0.641. The van der Waals surface area contributed by atoms with Crippen molar-refractivity contribution in [3.05, 3.63) is 0 Å². The molecule has 3 N–H and O–H groups in total. The summed E-state index contributed by atoms with van der Waals surface area (Å²) in [6.07, 6.45) is 3.54. The average molecular weight is 191 g/mol. The number of amides is 1. The molecule has 12 heavy (non-hydrogen) atoms. The lowest BCUT2D eigenvalue weighted by Gasteiger charge is -2.16. The first kappa shape index (κ1) is 9.81. The van der Waals surface area contributed by atoms with Crippen molar-refractivity contribution in [2.24, 2.45) is 5.73 Å². The standard InChI is InChI=1S/C8H15ClN2O/c9-5-4-8(12)11-7-3-1-2-6(7)10/h6-7H,1-5,10H2,(H,11,12). The monoisotopic (exact) mass is 190 g/mol. The van der Waals surface area contributed by atoms with Crippen LogP contribution in [0.15, 0.2) is 0 Å². The molecule has 0 aromatic heterocycles. The van der Waals surface area contributed by atoms with Crippen molar-refractivity contribution in [1.82, 2.24) is 5.32 Å². The first-order valence-electron chi connectivity index (χ1n) is 4.35. The highest BCUT2D eigenvalue weighted by atomic mass is 35.5. The summed E-state index contributed by atoms with van der Waals surface area (Å²) >= 11 is 5.43. The highest BCUT2D eigenvalue weighted by Crippen LogP contribution is 2.16. The van der Waals surface area contributed by atoms with Crippen LogP contribution in [0.4, 0.5) is 0 Å². The van der Waals surface area contributed by atoms with Crippen LogP contribution >= 0.6 is 11.6 Å². The number of nitrogens with two attached hydrogens (primary N) is 1. The van der Waals surface area contributed by atoms with Gasteiger partial charge in [0.25, 0.3) is 0 Å². The molecule has 0 radical (unpaired) electrons. The molecular weight excluding hydrogens is 176 g/mol. The van der Waals surface area contributed by atoms with E-state index in [0.29, 0.717) is 12.3 Å². The predicted octanol–water partition coefficient (Wildman–Crippen LogP) is 0.611. The Morgan fingerprint density at radius 2 is 2.33 bits per heavy atom. The van der Waals surface area contributed by atoms with Crippen LogP contribution in [0.2, 0.25) is 0 Å². The SMILES string of the molecule is NC1CCCC1NC(=O)CCCl. The Bertz CT molecular complexity index is 163. The normalized spacial score (nSPS) is 28.8. The number of carbonyl (C=O) groups excluding carboxylic acids is 1. The van der Waals surface area contributed by atoms with Crippen molar-refractivity contribution in [3.63, 3.8) is 0 Å². The Morgan fingerprint density at radius 1 is 1.58 bits per heavy atom. The Kier molecular flexibility index (Phi) is 3.82. The van der Waals surface area contributed by atoms with Gasteiger partial charge in [-0.15, -0.1) is 11.6 Å². The summed E-state index contributed by atoms with van der Waals surface area (Å²) in [4.78, 5) is 11.1. The van der Waals surface area contributed by atoms with Crippen LogP contribution in [0.3, 0.4) is 0 Å². The minimum atomic E-state index is 0.0207. The molecule has 3 nitrogen and oxygen atoms in total. The lowest BCUT2D eigenvalue weighted by atomic mass is 10.2. The van der Waals surface area contributed by atoms with E-state index in [9.17, 15) is 4.79 Å². The van der Waals surface area contributed by atoms with Gasteiger partial charge in [0.05, 0.1) is 0 Å². The van der Waals surface area contributed by atoms with Crippen molar-refractivity contribution in [2.45, 2.75) is 37.8 Å². The van der Waals surface area contributed by atoms with Crippen molar-refractivity contribution < 1.29 is 4.79 Å². The summed E-state index contributed by atoms with van der Waals surface area (Å²) in [7, 11) is 0. The highest BCUT2D eigenvalue weighted by molar-refractivity contribution is 6.18. The lowest BCUT2D eigenvalue weighted by molar-refractivity contribution is -0.121. The topological polar surface area (TPSA) is 55.1 Å². The first-order chi connectivity index (χ1) is 5.74. The maximum Gasteiger partial charge on any atom is 0.221 e. The van der Waals surface area contributed by atoms with Gasteiger partial charge in [-0.25, -0.2) is 0 Å². The fraction of sp³-hybridized carbons (Fsp3) is 0.875. The first-order valence-corrected chi connectivity index (χ1v) is 4.88. The molecule has 2 atom stereocenters. The fourth-order valence-electron chi connectivity index (χ4n) is 1.53. The molecule has 0 bridgehead atoms. The number of alkyl halides is 1. The van der Waals surface area contributed by atoms with E-state index in [0.717, 1.165) is 19.3 Å². The third-order valence-electron chi connectivity index (χ3n) is 2.24. The minimum absolute atomic E-state index is 0.0207. The zero-order valence-corrected chi connectivity index (χ0v) is 7.81. The fourth-order valence-corrected chi connectivity index (χ4v) is 1.70. The smallest absolute Gasteiger partial charge is 0.221 e. The number of halogens is 1. The zero-order valence-electron chi connectivity index (χ0n) is 7.05. The van der Waals surface area contributed by atoms with E-state index in [1.165, 1.54) is 0 Å². The van der Waals surface area contributed by atoms with E-state index in [1.54, 1.807) is 0 Å². The molecule has 1 aliphatic rings. The van der Waals surface area contributed by atoms with Gasteiger partial charge in [-0.1, -0.05) is 0 Å². The zero-order chi connectivity index (χ0) is 8.97. The summed E-state index contributed by atoms with van der Waals surface area (Å²) in [5.41, 5.74) is 5.78. The summed E-state index contributed by atoms with van der Waals surface area (Å²) < 4.78 is 0. The van der Waals surface area contributed by atoms with Gasteiger partial charge in [0, 0.05) is 24.4 Å². The van der Waals surface area contributed by atoms with Gasteiger partial charge in [0.2, 0.25) is 5.91 Å². The second kappa shape index (κ2) is 4.67. The van der Waals surface area contributed by atoms with Crippen molar-refractivity contribution in [2.75, 3.05) is 5.88 Å². The lowest BCUT2D eigenvalue weighted by Crippen LogP contribution is -2.44. The van der Waals surface area contributed by atoms with E-state index in [2.05, 4.69) is 5.32 Å². The molecule has 70 valence electrons. The van der Waals surface area contributed by atoms with Gasteiger partial charge < -0.3 is 11.1 Å². The van der Waals surface area contributed by atoms with Gasteiger partial charge in [-0.3, -0.25) is 4.79 Å². The van der Waals surface area contributed by atoms with Crippen molar-refractivity contribution >= 4 is 17.5 Å². The third kappa shape index (κ3) is 2.64. The largest absolute Gasteiger partial charge is 0.352 e. The van der Waals surface area contributed by atoms with E-state index in [-0.39, 0.29) is 18.0 Å². The molecule has 1 amide bonds. The summed E-state index contributed by atoms with van der Waals surface area (Å²) in [6.45, 7) is 0. The molecule has 0 spiro atoms. The molecular formula is C8H15ClN2O. The summed E-state index contributed by atoms with van der Waals surface area (Å²) in [5, 5.41) is 2.88. The van der Waals surface area contributed by atoms with Gasteiger partial charge in [-0.05, 0) is 19.3 Å². The van der Waals surface area contributed by atoms with Crippen LogP contribution in [0, 0.1) is 0 Å². The predicted molar refractivity (Wildman–Crippen MR) is 49.1 cm³/mol. The van der Waals surface area contributed by atoms with Gasteiger partial charge in [0.1, 0.15) is 0 Å². The van der Waals surface area contributed by atoms with E-state index < -0.39 is 0 Å². The molecule has 0 aliphatic heterocycles. The molecule has 2 unspecified atom stereocenters. The molecule has 0 aromatic rings. The summed E-state index contributed by atoms with van der Waals surface area (Å²) in [5.74, 6) is 0.403. The molecule has 1 fully saturated rings. The highest BCUT2D eigenvalue weighted by Gasteiger charge is 2.24. The van der Waals surface area contributed by atoms with Crippen LogP contribution in [-0.4, -0.2) is 23.9 Å². The van der Waals surface area contributed by atoms with Gasteiger partial charge in [-0.2, -0.15) is 0 Å². The Morgan fingerprint density at radius 3 is 2.83 bits per heavy atom. The van der Waals surface area contributed by atoms with Crippen LogP contribution in [0.5, 0.6) is 0 Å². The van der Waals surface area contributed by atoms with Crippen LogP contribution in [-0.2, 0) is 4.79 Å². The maximum absolute atomic E-state index is 11.1. The molecule has 0 saturated heterocycles. The van der Waals surface area contributed by atoms with E-state index in [4.69, 9.17) is 17.3 Å². The minimum Gasteiger partial charge on any atom is -0.352 e.